The molecule has 0 radical (unpaired) electrons. The predicted octanol–water partition coefficient (Wildman–Crippen LogP) is -1.11. The van der Waals surface area contributed by atoms with Crippen LogP contribution >= 0.6 is 0 Å². The van der Waals surface area contributed by atoms with Crippen molar-refractivity contribution in [3.63, 3.8) is 0 Å². The number of carbonyl (C=O) groups excluding carboxylic acids is 3. The van der Waals surface area contributed by atoms with Gasteiger partial charge < -0.3 is 20.4 Å². The second kappa shape index (κ2) is 8.31. The number of quaternary nitrogens is 1. The fraction of sp³-hybridized carbons (Fsp3) is 0.526. The third-order valence-corrected chi connectivity index (χ3v) is 5.33. The van der Waals surface area contributed by atoms with Gasteiger partial charge in [0.05, 0.1) is 26.2 Å². The Morgan fingerprint density at radius 2 is 1.73 bits per heavy atom. The summed E-state index contributed by atoms with van der Waals surface area (Å²) in [6.07, 6.45) is 2.52. The largest absolute Gasteiger partial charge is 0.368 e. The zero-order chi connectivity index (χ0) is 18.5. The maximum Gasteiger partial charge on any atom is 0.278 e. The molecule has 140 valence electrons. The molecule has 3 rings (SSSR count). The van der Waals surface area contributed by atoms with Crippen LogP contribution in [0.4, 0.5) is 0 Å². The molecule has 3 amide bonds. The molecule has 1 atom stereocenters. The summed E-state index contributed by atoms with van der Waals surface area (Å²) < 4.78 is 0. The average molecular weight is 359 g/mol. The Morgan fingerprint density at radius 1 is 1.04 bits per heavy atom. The molecule has 2 aliphatic rings. The molecular formula is C19H27N4O3+. The first-order valence-electron chi connectivity index (χ1n) is 9.33. The average Bonchev–Trinajstić information content (AvgIpc) is 2.68. The number of amides is 3. The van der Waals surface area contributed by atoms with Gasteiger partial charge in [-0.15, -0.1) is 0 Å². The van der Waals surface area contributed by atoms with Gasteiger partial charge in [0.15, 0.2) is 6.54 Å². The smallest absolute Gasteiger partial charge is 0.278 e. The number of likely N-dealkylation sites (tertiary alicyclic amines) is 1. The van der Waals surface area contributed by atoms with Crippen LogP contribution in [0.3, 0.4) is 0 Å². The molecule has 2 saturated heterocycles. The van der Waals surface area contributed by atoms with Gasteiger partial charge in [-0.05, 0) is 31.4 Å². The van der Waals surface area contributed by atoms with Gasteiger partial charge >= 0.3 is 0 Å². The number of benzene rings is 1. The van der Waals surface area contributed by atoms with E-state index >= 15 is 0 Å². The van der Waals surface area contributed by atoms with Crippen molar-refractivity contribution in [3.8, 4) is 0 Å². The van der Waals surface area contributed by atoms with Gasteiger partial charge in [-0.25, -0.2) is 0 Å². The lowest BCUT2D eigenvalue weighted by molar-refractivity contribution is -0.896. The minimum absolute atomic E-state index is 0.00802. The molecular weight excluding hydrogens is 332 g/mol. The number of primary amides is 1. The van der Waals surface area contributed by atoms with E-state index in [4.69, 9.17) is 5.73 Å². The maximum absolute atomic E-state index is 12.6. The van der Waals surface area contributed by atoms with E-state index in [0.29, 0.717) is 38.2 Å². The highest BCUT2D eigenvalue weighted by molar-refractivity contribution is 5.94. The summed E-state index contributed by atoms with van der Waals surface area (Å²) in [6, 6.07) is 8.81. The highest BCUT2D eigenvalue weighted by Gasteiger charge is 2.33. The quantitative estimate of drug-likeness (QED) is 0.715. The first-order chi connectivity index (χ1) is 12.6. The minimum Gasteiger partial charge on any atom is -0.368 e. The number of carbonyl (C=O) groups is 3. The Bertz CT molecular complexity index is 656. The molecule has 1 aromatic rings. The summed E-state index contributed by atoms with van der Waals surface area (Å²) in [5.74, 6) is -0.376. The molecule has 3 N–H and O–H groups in total. The molecule has 2 heterocycles. The number of hydrogen-bond donors (Lipinski definition) is 2. The molecule has 0 spiro atoms. The van der Waals surface area contributed by atoms with Crippen molar-refractivity contribution in [1.29, 1.82) is 0 Å². The molecule has 7 nitrogen and oxygen atoms in total. The van der Waals surface area contributed by atoms with Crippen LogP contribution in [-0.2, 0) is 9.59 Å². The number of nitrogens with zero attached hydrogens (tertiary/aromatic N) is 2. The lowest BCUT2D eigenvalue weighted by Crippen LogP contribution is -3.16. The van der Waals surface area contributed by atoms with Gasteiger partial charge in [-0.2, -0.15) is 0 Å². The second-order valence-corrected chi connectivity index (χ2v) is 7.09. The third kappa shape index (κ3) is 4.22. The van der Waals surface area contributed by atoms with Crippen LogP contribution in [0.1, 0.15) is 29.6 Å². The van der Waals surface area contributed by atoms with Crippen molar-refractivity contribution in [3.05, 3.63) is 35.9 Å². The molecule has 0 saturated carbocycles. The molecule has 0 bridgehead atoms. The molecule has 2 aliphatic heterocycles. The number of piperidine rings is 1. The lowest BCUT2D eigenvalue weighted by Gasteiger charge is -2.36. The summed E-state index contributed by atoms with van der Waals surface area (Å²) >= 11 is 0. The van der Waals surface area contributed by atoms with Crippen LogP contribution in [0.5, 0.6) is 0 Å². The third-order valence-electron chi connectivity index (χ3n) is 5.33. The maximum atomic E-state index is 12.6. The predicted molar refractivity (Wildman–Crippen MR) is 96.5 cm³/mol. The van der Waals surface area contributed by atoms with E-state index in [9.17, 15) is 14.4 Å². The Labute approximate surface area is 153 Å². The van der Waals surface area contributed by atoms with Gasteiger partial charge in [0, 0.05) is 12.1 Å². The second-order valence-electron chi connectivity index (χ2n) is 7.09. The normalized spacial score (nSPS) is 21.5. The van der Waals surface area contributed by atoms with Crippen LogP contribution in [0.2, 0.25) is 0 Å². The fourth-order valence-electron chi connectivity index (χ4n) is 3.81. The van der Waals surface area contributed by atoms with Crippen molar-refractivity contribution in [1.82, 2.24) is 9.80 Å². The topological polar surface area (TPSA) is 88.2 Å². The number of rotatable bonds is 4. The van der Waals surface area contributed by atoms with Crippen molar-refractivity contribution in [2.24, 2.45) is 5.73 Å². The Kier molecular flexibility index (Phi) is 5.88. The van der Waals surface area contributed by atoms with Gasteiger partial charge in [-0.3, -0.25) is 14.4 Å². The fourth-order valence-corrected chi connectivity index (χ4v) is 3.81. The summed E-state index contributed by atoms with van der Waals surface area (Å²) in [4.78, 5) is 41.4. The first kappa shape index (κ1) is 18.4. The SMILES string of the molecule is NC(=O)[C@@H]1CCCCN1C(=O)C[NH+]1CCN(C(=O)c2ccccc2)CC1. The Hall–Kier alpha value is -2.41. The summed E-state index contributed by atoms with van der Waals surface area (Å²) in [5.41, 5.74) is 6.15. The molecule has 26 heavy (non-hydrogen) atoms. The number of piperazine rings is 1. The summed E-state index contributed by atoms with van der Waals surface area (Å²) in [5, 5.41) is 0. The van der Waals surface area contributed by atoms with E-state index in [1.54, 1.807) is 4.90 Å². The standard InChI is InChI=1S/C19H26N4O3/c20-18(25)16-8-4-5-9-23(16)17(24)14-21-10-12-22(13-11-21)19(26)15-6-2-1-3-7-15/h1-3,6-7,16H,4-5,8-14H2,(H2,20,25)/p+1/t16-/m0/s1. The van der Waals surface area contributed by atoms with Gasteiger partial charge in [-0.1, -0.05) is 18.2 Å². The first-order valence-corrected chi connectivity index (χ1v) is 9.33. The Balaban J connectivity index is 1.51. The van der Waals surface area contributed by atoms with E-state index in [-0.39, 0.29) is 11.8 Å². The van der Waals surface area contributed by atoms with Gasteiger partial charge in [0.2, 0.25) is 5.91 Å². The van der Waals surface area contributed by atoms with Crippen LogP contribution in [-0.4, -0.2) is 72.8 Å². The summed E-state index contributed by atoms with van der Waals surface area (Å²) in [7, 11) is 0. The van der Waals surface area contributed by atoms with Crippen molar-refractivity contribution in [2.45, 2.75) is 25.3 Å². The molecule has 2 fully saturated rings. The number of hydrogen-bond acceptors (Lipinski definition) is 3. The van der Waals surface area contributed by atoms with E-state index in [2.05, 4.69) is 0 Å². The highest BCUT2D eigenvalue weighted by Crippen LogP contribution is 2.16. The highest BCUT2D eigenvalue weighted by atomic mass is 16.2. The van der Waals surface area contributed by atoms with E-state index in [0.717, 1.165) is 30.8 Å². The van der Waals surface area contributed by atoms with Crippen molar-refractivity contribution < 1.29 is 19.3 Å². The summed E-state index contributed by atoms with van der Waals surface area (Å²) in [6.45, 7) is 3.71. The molecule has 0 unspecified atom stereocenters. The molecule has 1 aromatic carbocycles. The zero-order valence-corrected chi connectivity index (χ0v) is 15.0. The van der Waals surface area contributed by atoms with Gasteiger partial charge in [0.25, 0.3) is 11.8 Å². The Morgan fingerprint density at radius 3 is 2.38 bits per heavy atom. The monoisotopic (exact) mass is 359 g/mol. The van der Waals surface area contributed by atoms with Crippen LogP contribution in [0.15, 0.2) is 30.3 Å². The van der Waals surface area contributed by atoms with Crippen LogP contribution in [0, 0.1) is 0 Å². The number of nitrogens with two attached hydrogens (primary N) is 1. The van der Waals surface area contributed by atoms with Crippen LogP contribution in [0.25, 0.3) is 0 Å². The van der Waals surface area contributed by atoms with E-state index in [1.165, 1.54) is 0 Å². The molecule has 0 aliphatic carbocycles. The van der Waals surface area contributed by atoms with Gasteiger partial charge in [0.1, 0.15) is 6.04 Å². The van der Waals surface area contributed by atoms with E-state index in [1.807, 2.05) is 35.2 Å². The van der Waals surface area contributed by atoms with Crippen molar-refractivity contribution >= 4 is 17.7 Å². The van der Waals surface area contributed by atoms with E-state index < -0.39 is 11.9 Å². The van der Waals surface area contributed by atoms with Crippen molar-refractivity contribution in [2.75, 3.05) is 39.3 Å². The van der Waals surface area contributed by atoms with Crippen LogP contribution < -0.4 is 10.6 Å². The minimum atomic E-state index is -0.461. The number of nitrogens with one attached hydrogen (secondary N) is 1. The lowest BCUT2D eigenvalue weighted by atomic mass is 10.0. The molecule has 0 aromatic heterocycles. The zero-order valence-electron chi connectivity index (χ0n) is 15.0. The molecule has 7 heteroatoms.